The molecule has 5 heteroatoms. The maximum Gasteiger partial charge on any atom is 0.417 e. The molecule has 0 aliphatic carbocycles. The summed E-state index contributed by atoms with van der Waals surface area (Å²) in [5.74, 6) is 0. The van der Waals surface area contributed by atoms with Gasteiger partial charge < -0.3 is 5.32 Å². The number of hydrogen-bond acceptors (Lipinski definition) is 2. The molecule has 0 aromatic heterocycles. The van der Waals surface area contributed by atoms with Gasteiger partial charge in [-0.2, -0.15) is 13.2 Å². The van der Waals surface area contributed by atoms with Crippen LogP contribution in [0.15, 0.2) is 23.9 Å². The van der Waals surface area contributed by atoms with Crippen LogP contribution in [0.5, 0.6) is 0 Å². The first-order valence-electron chi connectivity index (χ1n) is 3.43. The van der Waals surface area contributed by atoms with Gasteiger partial charge in [0.15, 0.2) is 0 Å². The highest BCUT2D eigenvalue weighted by Crippen LogP contribution is 2.26. The Hall–Kier alpha value is -0.970. The molecular weight excluding hydrogens is 169 g/mol. The van der Waals surface area contributed by atoms with Crippen molar-refractivity contribution in [2.75, 3.05) is 7.05 Å². The van der Waals surface area contributed by atoms with Gasteiger partial charge >= 0.3 is 6.18 Å². The number of alkyl halides is 3. The minimum Gasteiger partial charge on any atom is -0.372 e. The molecule has 1 rings (SSSR count). The van der Waals surface area contributed by atoms with E-state index >= 15 is 0 Å². The molecule has 0 spiro atoms. The molecule has 12 heavy (non-hydrogen) atoms. The largest absolute Gasteiger partial charge is 0.417 e. The Labute approximate surface area is 68.1 Å². The average Bonchev–Trinajstić information content (AvgIpc) is 2.03. The second kappa shape index (κ2) is 3.18. The first-order chi connectivity index (χ1) is 5.54. The first kappa shape index (κ1) is 9.12. The Morgan fingerprint density at radius 3 is 2.50 bits per heavy atom. The molecule has 2 N–H and O–H groups in total. The van der Waals surface area contributed by atoms with Crippen LogP contribution < -0.4 is 10.6 Å². The van der Waals surface area contributed by atoms with E-state index in [1.165, 1.54) is 6.08 Å². The van der Waals surface area contributed by atoms with E-state index in [2.05, 4.69) is 10.6 Å². The summed E-state index contributed by atoms with van der Waals surface area (Å²) in [5.41, 5.74) is -0.658. The SMILES string of the molecule is CNC1C=CC(C(F)(F)F)=CN1. The molecule has 0 bridgehead atoms. The summed E-state index contributed by atoms with van der Waals surface area (Å²) in [6.45, 7) is 0. The number of dihydropyridines is 1. The standard InChI is InChI=1S/C7H9F3N2/c1-11-6-3-2-5(4-12-6)7(8,9)10/h2-4,6,11-12H,1H3. The number of halogens is 3. The predicted molar refractivity (Wildman–Crippen MR) is 39.3 cm³/mol. The van der Waals surface area contributed by atoms with Gasteiger partial charge in [0.2, 0.25) is 0 Å². The van der Waals surface area contributed by atoms with Gasteiger partial charge in [0.1, 0.15) is 0 Å². The number of rotatable bonds is 1. The van der Waals surface area contributed by atoms with Crippen molar-refractivity contribution < 1.29 is 13.2 Å². The molecule has 2 nitrogen and oxygen atoms in total. The molecular formula is C7H9F3N2. The number of hydrogen-bond donors (Lipinski definition) is 2. The third kappa shape index (κ3) is 2.01. The quantitative estimate of drug-likeness (QED) is 0.629. The van der Waals surface area contributed by atoms with Gasteiger partial charge in [-0.1, -0.05) is 0 Å². The summed E-state index contributed by atoms with van der Waals surface area (Å²) < 4.78 is 36.0. The van der Waals surface area contributed by atoms with Crippen LogP contribution in [0.3, 0.4) is 0 Å². The third-order valence-corrected chi connectivity index (χ3v) is 1.52. The van der Waals surface area contributed by atoms with Gasteiger partial charge in [-0.05, 0) is 19.2 Å². The number of likely N-dealkylation sites (N-methyl/N-ethyl adjacent to an activating group) is 1. The van der Waals surface area contributed by atoms with Crippen molar-refractivity contribution in [3.8, 4) is 0 Å². The second-order valence-corrected chi connectivity index (χ2v) is 2.39. The summed E-state index contributed by atoms with van der Waals surface area (Å²) in [7, 11) is 1.66. The highest BCUT2D eigenvalue weighted by molar-refractivity contribution is 5.27. The van der Waals surface area contributed by atoms with E-state index in [-0.39, 0.29) is 6.17 Å². The van der Waals surface area contributed by atoms with Gasteiger partial charge in [-0.25, -0.2) is 0 Å². The van der Waals surface area contributed by atoms with Crippen molar-refractivity contribution in [3.63, 3.8) is 0 Å². The van der Waals surface area contributed by atoms with Crippen molar-refractivity contribution in [2.24, 2.45) is 0 Å². The molecule has 68 valence electrons. The van der Waals surface area contributed by atoms with Crippen molar-refractivity contribution in [1.29, 1.82) is 0 Å². The van der Waals surface area contributed by atoms with Crippen LogP contribution >= 0.6 is 0 Å². The van der Waals surface area contributed by atoms with E-state index in [4.69, 9.17) is 0 Å². The lowest BCUT2D eigenvalue weighted by molar-refractivity contribution is -0.0888. The summed E-state index contributed by atoms with van der Waals surface area (Å²) in [5, 5.41) is 5.31. The smallest absolute Gasteiger partial charge is 0.372 e. The monoisotopic (exact) mass is 178 g/mol. The van der Waals surface area contributed by atoms with E-state index in [0.29, 0.717) is 0 Å². The maximum atomic E-state index is 12.0. The minimum absolute atomic E-state index is 0.212. The Balaban J connectivity index is 2.64. The zero-order valence-electron chi connectivity index (χ0n) is 6.44. The van der Waals surface area contributed by atoms with Gasteiger partial charge in [-0.3, -0.25) is 5.32 Å². The van der Waals surface area contributed by atoms with E-state index in [1.54, 1.807) is 7.05 Å². The fourth-order valence-corrected chi connectivity index (χ4v) is 0.839. The third-order valence-electron chi connectivity index (χ3n) is 1.52. The highest BCUT2D eigenvalue weighted by atomic mass is 19.4. The predicted octanol–water partition coefficient (Wildman–Crippen LogP) is 1.14. The molecule has 0 fully saturated rings. The van der Waals surface area contributed by atoms with E-state index in [9.17, 15) is 13.2 Å². The van der Waals surface area contributed by atoms with Crippen molar-refractivity contribution in [1.82, 2.24) is 10.6 Å². The topological polar surface area (TPSA) is 24.1 Å². The van der Waals surface area contributed by atoms with E-state index < -0.39 is 11.7 Å². The first-order valence-corrected chi connectivity index (χ1v) is 3.43. The fraction of sp³-hybridized carbons (Fsp3) is 0.429. The van der Waals surface area contributed by atoms with Crippen LogP contribution in [0.25, 0.3) is 0 Å². The molecule has 1 heterocycles. The summed E-state index contributed by atoms with van der Waals surface area (Å²) >= 11 is 0. The summed E-state index contributed by atoms with van der Waals surface area (Å²) in [4.78, 5) is 0. The van der Waals surface area contributed by atoms with E-state index in [1.807, 2.05) is 0 Å². The molecule has 1 aliphatic rings. The Bertz CT molecular complexity index is 217. The molecule has 0 radical (unpaired) electrons. The minimum atomic E-state index is -4.26. The van der Waals surface area contributed by atoms with E-state index in [0.717, 1.165) is 12.3 Å². The lowest BCUT2D eigenvalue weighted by Crippen LogP contribution is -2.37. The molecule has 0 saturated heterocycles. The zero-order chi connectivity index (χ0) is 9.19. The molecule has 1 aliphatic heterocycles. The Morgan fingerprint density at radius 2 is 2.17 bits per heavy atom. The molecule has 1 atom stereocenters. The van der Waals surface area contributed by atoms with Crippen LogP contribution in [0.4, 0.5) is 13.2 Å². The molecule has 0 amide bonds. The Morgan fingerprint density at radius 1 is 1.50 bits per heavy atom. The molecule has 0 aromatic rings. The van der Waals surface area contributed by atoms with Crippen LogP contribution in [-0.2, 0) is 0 Å². The maximum absolute atomic E-state index is 12.0. The molecule has 1 unspecified atom stereocenters. The van der Waals surface area contributed by atoms with Crippen molar-refractivity contribution in [3.05, 3.63) is 23.9 Å². The van der Waals surface area contributed by atoms with Crippen LogP contribution in [-0.4, -0.2) is 19.4 Å². The number of nitrogens with one attached hydrogen (secondary N) is 2. The van der Waals surface area contributed by atoms with Crippen molar-refractivity contribution in [2.45, 2.75) is 12.3 Å². The lowest BCUT2D eigenvalue weighted by Gasteiger charge is -2.18. The Kier molecular flexibility index (Phi) is 2.42. The normalized spacial score (nSPS) is 23.3. The number of allylic oxidation sites excluding steroid dienone is 2. The second-order valence-electron chi connectivity index (χ2n) is 2.39. The van der Waals surface area contributed by atoms with Gasteiger partial charge in [0, 0.05) is 6.20 Å². The van der Waals surface area contributed by atoms with Gasteiger partial charge in [0.25, 0.3) is 0 Å². The van der Waals surface area contributed by atoms with Crippen LogP contribution in [0.1, 0.15) is 0 Å². The lowest BCUT2D eigenvalue weighted by atomic mass is 10.2. The summed E-state index contributed by atoms with van der Waals surface area (Å²) in [6, 6.07) is 0. The zero-order valence-corrected chi connectivity index (χ0v) is 6.44. The summed E-state index contributed by atoms with van der Waals surface area (Å²) in [6.07, 6.45) is -1.04. The van der Waals surface area contributed by atoms with Crippen molar-refractivity contribution >= 4 is 0 Å². The highest BCUT2D eigenvalue weighted by Gasteiger charge is 2.32. The fourth-order valence-electron chi connectivity index (χ4n) is 0.839. The van der Waals surface area contributed by atoms with Gasteiger partial charge in [0.05, 0.1) is 11.7 Å². The molecule has 0 saturated carbocycles. The average molecular weight is 178 g/mol. The molecule has 0 aromatic carbocycles. The van der Waals surface area contributed by atoms with Crippen LogP contribution in [0.2, 0.25) is 0 Å². The van der Waals surface area contributed by atoms with Crippen LogP contribution in [0, 0.1) is 0 Å². The van der Waals surface area contributed by atoms with Gasteiger partial charge in [-0.15, -0.1) is 0 Å².